The molecule has 2 unspecified atom stereocenters. The molecule has 2 nitrogen and oxygen atoms in total. The van der Waals surface area contributed by atoms with Crippen LogP contribution >= 0.6 is 0 Å². The van der Waals surface area contributed by atoms with Gasteiger partial charge in [0, 0.05) is 6.42 Å². The lowest BCUT2D eigenvalue weighted by Crippen LogP contribution is -2.14. The molecule has 56 valence electrons. The SMILES string of the molecule is CC(=O)C1CC(C)CC1=O. The minimum atomic E-state index is -0.269. The zero-order valence-corrected chi connectivity index (χ0v) is 6.39. The Morgan fingerprint density at radius 1 is 1.60 bits per heavy atom. The van der Waals surface area contributed by atoms with E-state index in [1.807, 2.05) is 6.92 Å². The van der Waals surface area contributed by atoms with Crippen molar-refractivity contribution in [3.05, 3.63) is 0 Å². The molecule has 0 aromatic heterocycles. The molecule has 2 atom stereocenters. The summed E-state index contributed by atoms with van der Waals surface area (Å²) in [4.78, 5) is 21.8. The van der Waals surface area contributed by atoms with Crippen LogP contribution in [-0.4, -0.2) is 11.6 Å². The smallest absolute Gasteiger partial charge is 0.143 e. The van der Waals surface area contributed by atoms with Crippen LogP contribution in [0.3, 0.4) is 0 Å². The van der Waals surface area contributed by atoms with Gasteiger partial charge in [0.25, 0.3) is 0 Å². The Morgan fingerprint density at radius 3 is 2.40 bits per heavy atom. The molecule has 0 spiro atoms. The normalized spacial score (nSPS) is 32.8. The quantitative estimate of drug-likeness (QED) is 0.513. The lowest BCUT2D eigenvalue weighted by Gasteiger charge is -2.00. The van der Waals surface area contributed by atoms with Crippen LogP contribution in [0.5, 0.6) is 0 Å². The van der Waals surface area contributed by atoms with Gasteiger partial charge in [0.1, 0.15) is 11.6 Å². The number of hydrogen-bond donors (Lipinski definition) is 0. The molecule has 0 aromatic carbocycles. The number of ketones is 2. The van der Waals surface area contributed by atoms with Crippen molar-refractivity contribution in [2.45, 2.75) is 26.7 Å². The van der Waals surface area contributed by atoms with E-state index in [0.29, 0.717) is 12.3 Å². The van der Waals surface area contributed by atoms with Gasteiger partial charge in [0.2, 0.25) is 0 Å². The molecule has 0 bridgehead atoms. The fourth-order valence-electron chi connectivity index (χ4n) is 1.50. The zero-order chi connectivity index (χ0) is 7.72. The largest absolute Gasteiger partial charge is 0.299 e. The van der Waals surface area contributed by atoms with E-state index in [1.54, 1.807) is 0 Å². The van der Waals surface area contributed by atoms with E-state index in [2.05, 4.69) is 0 Å². The van der Waals surface area contributed by atoms with E-state index in [1.165, 1.54) is 6.92 Å². The van der Waals surface area contributed by atoms with Gasteiger partial charge in [-0.25, -0.2) is 0 Å². The topological polar surface area (TPSA) is 34.1 Å². The van der Waals surface area contributed by atoms with E-state index in [0.717, 1.165) is 6.42 Å². The first kappa shape index (κ1) is 7.45. The Bertz CT molecular complexity index is 172. The Labute approximate surface area is 60.6 Å². The van der Waals surface area contributed by atoms with Crippen molar-refractivity contribution in [3.8, 4) is 0 Å². The maximum absolute atomic E-state index is 11.0. The molecular formula is C8H12O2. The second-order valence-corrected chi connectivity index (χ2v) is 3.17. The van der Waals surface area contributed by atoms with Crippen molar-refractivity contribution in [3.63, 3.8) is 0 Å². The highest BCUT2D eigenvalue weighted by Gasteiger charge is 2.32. The Hall–Kier alpha value is -0.660. The minimum Gasteiger partial charge on any atom is -0.299 e. The molecule has 10 heavy (non-hydrogen) atoms. The van der Waals surface area contributed by atoms with Gasteiger partial charge < -0.3 is 0 Å². The van der Waals surface area contributed by atoms with Crippen molar-refractivity contribution < 1.29 is 9.59 Å². The van der Waals surface area contributed by atoms with Crippen LogP contribution < -0.4 is 0 Å². The summed E-state index contributed by atoms with van der Waals surface area (Å²) in [5.41, 5.74) is 0. The predicted octanol–water partition coefficient (Wildman–Crippen LogP) is 1.19. The van der Waals surface area contributed by atoms with Crippen molar-refractivity contribution in [2.24, 2.45) is 11.8 Å². The lowest BCUT2D eigenvalue weighted by molar-refractivity contribution is -0.129. The number of rotatable bonds is 1. The van der Waals surface area contributed by atoms with E-state index >= 15 is 0 Å². The highest BCUT2D eigenvalue weighted by molar-refractivity contribution is 6.02. The monoisotopic (exact) mass is 140 g/mol. The third kappa shape index (κ3) is 1.25. The van der Waals surface area contributed by atoms with E-state index in [9.17, 15) is 9.59 Å². The third-order valence-corrected chi connectivity index (χ3v) is 2.07. The summed E-state index contributed by atoms with van der Waals surface area (Å²) in [6.45, 7) is 3.52. The maximum atomic E-state index is 11.0. The first-order chi connectivity index (χ1) is 4.61. The van der Waals surface area contributed by atoms with Gasteiger partial charge in [-0.15, -0.1) is 0 Å². The molecule has 1 saturated carbocycles. The zero-order valence-electron chi connectivity index (χ0n) is 6.39. The maximum Gasteiger partial charge on any atom is 0.143 e. The average Bonchev–Trinajstić information content (AvgIpc) is 2.10. The fourth-order valence-corrected chi connectivity index (χ4v) is 1.50. The second kappa shape index (κ2) is 2.52. The van der Waals surface area contributed by atoms with Gasteiger partial charge in [-0.2, -0.15) is 0 Å². The molecular weight excluding hydrogens is 128 g/mol. The summed E-state index contributed by atoms with van der Waals surface area (Å²) in [5.74, 6) is 0.325. The highest BCUT2D eigenvalue weighted by Crippen LogP contribution is 2.27. The number of hydrogen-bond acceptors (Lipinski definition) is 2. The van der Waals surface area contributed by atoms with Crippen molar-refractivity contribution in [1.82, 2.24) is 0 Å². The molecule has 1 rings (SSSR count). The molecule has 1 aliphatic carbocycles. The van der Waals surface area contributed by atoms with Crippen molar-refractivity contribution in [1.29, 1.82) is 0 Å². The van der Waals surface area contributed by atoms with Gasteiger partial charge in [-0.05, 0) is 19.3 Å². The molecule has 0 heterocycles. The van der Waals surface area contributed by atoms with Gasteiger partial charge in [0.15, 0.2) is 0 Å². The predicted molar refractivity (Wildman–Crippen MR) is 37.6 cm³/mol. The summed E-state index contributed by atoms with van der Waals surface area (Å²) in [6.07, 6.45) is 1.37. The summed E-state index contributed by atoms with van der Waals surface area (Å²) >= 11 is 0. The Kier molecular flexibility index (Phi) is 1.88. The third-order valence-electron chi connectivity index (χ3n) is 2.07. The van der Waals surface area contributed by atoms with Crippen molar-refractivity contribution in [2.75, 3.05) is 0 Å². The van der Waals surface area contributed by atoms with Crippen LogP contribution in [-0.2, 0) is 9.59 Å². The summed E-state index contributed by atoms with van der Waals surface area (Å²) in [7, 11) is 0. The standard InChI is InChI=1S/C8H12O2/c1-5-3-7(6(2)9)8(10)4-5/h5,7H,3-4H2,1-2H3. The lowest BCUT2D eigenvalue weighted by atomic mass is 10.0. The Morgan fingerprint density at radius 2 is 2.20 bits per heavy atom. The Balaban J connectivity index is 2.63. The van der Waals surface area contributed by atoms with Crippen LogP contribution in [0.4, 0.5) is 0 Å². The first-order valence-electron chi connectivity index (χ1n) is 3.64. The van der Waals surface area contributed by atoms with Gasteiger partial charge >= 0.3 is 0 Å². The van der Waals surface area contributed by atoms with Crippen LogP contribution in [0.15, 0.2) is 0 Å². The molecule has 0 aromatic rings. The van der Waals surface area contributed by atoms with Crippen LogP contribution in [0.1, 0.15) is 26.7 Å². The average molecular weight is 140 g/mol. The molecule has 2 heteroatoms. The minimum absolute atomic E-state index is 0.0364. The number of carbonyl (C=O) groups is 2. The number of carbonyl (C=O) groups excluding carboxylic acids is 2. The second-order valence-electron chi connectivity index (χ2n) is 3.17. The van der Waals surface area contributed by atoms with E-state index in [-0.39, 0.29) is 17.5 Å². The molecule has 0 aliphatic heterocycles. The summed E-state index contributed by atoms with van der Waals surface area (Å²) in [6, 6.07) is 0. The first-order valence-corrected chi connectivity index (χ1v) is 3.64. The van der Waals surface area contributed by atoms with Crippen LogP contribution in [0.25, 0.3) is 0 Å². The van der Waals surface area contributed by atoms with E-state index in [4.69, 9.17) is 0 Å². The molecule has 0 saturated heterocycles. The molecule has 0 radical (unpaired) electrons. The van der Waals surface area contributed by atoms with Gasteiger partial charge in [-0.1, -0.05) is 6.92 Å². The highest BCUT2D eigenvalue weighted by atomic mass is 16.1. The van der Waals surface area contributed by atoms with Gasteiger partial charge in [-0.3, -0.25) is 9.59 Å². The van der Waals surface area contributed by atoms with Gasteiger partial charge in [0.05, 0.1) is 5.92 Å². The molecule has 1 aliphatic rings. The molecule has 0 amide bonds. The van der Waals surface area contributed by atoms with Crippen LogP contribution in [0.2, 0.25) is 0 Å². The molecule has 1 fully saturated rings. The summed E-state index contributed by atoms with van der Waals surface area (Å²) in [5, 5.41) is 0. The fraction of sp³-hybridized carbons (Fsp3) is 0.750. The summed E-state index contributed by atoms with van der Waals surface area (Å²) < 4.78 is 0. The van der Waals surface area contributed by atoms with Crippen molar-refractivity contribution >= 4 is 11.6 Å². The molecule has 0 N–H and O–H groups in total. The van der Waals surface area contributed by atoms with Crippen LogP contribution in [0, 0.1) is 11.8 Å². The van der Waals surface area contributed by atoms with E-state index < -0.39 is 0 Å². The number of Topliss-reactive ketones (excluding diaryl/α,β-unsaturated/α-hetero) is 2.